The number of ether oxygens (including phenoxy) is 1. The van der Waals surface area contributed by atoms with Gasteiger partial charge in [0.2, 0.25) is 0 Å². The van der Waals surface area contributed by atoms with Crippen LogP contribution < -0.4 is 5.32 Å². The van der Waals surface area contributed by atoms with E-state index >= 15 is 0 Å². The molecule has 1 aromatic heterocycles. The first kappa shape index (κ1) is 14.0. The first-order valence-electron chi connectivity index (χ1n) is 7.45. The Morgan fingerprint density at radius 1 is 1.45 bits per heavy atom. The van der Waals surface area contributed by atoms with Crippen LogP contribution in [0.2, 0.25) is 0 Å². The van der Waals surface area contributed by atoms with Crippen LogP contribution in [0.5, 0.6) is 0 Å². The van der Waals surface area contributed by atoms with Gasteiger partial charge in [0.25, 0.3) is 5.91 Å². The molecule has 1 amide bonds. The predicted molar refractivity (Wildman–Crippen MR) is 80.5 cm³/mol. The van der Waals surface area contributed by atoms with Crippen molar-refractivity contribution in [3.63, 3.8) is 0 Å². The normalized spacial score (nSPS) is 20.6. The highest BCUT2D eigenvalue weighted by Crippen LogP contribution is 2.30. The van der Waals surface area contributed by atoms with Gasteiger partial charge in [0.05, 0.1) is 18.1 Å². The third-order valence-corrected chi connectivity index (χ3v) is 5.22. The van der Waals surface area contributed by atoms with Crippen molar-refractivity contribution in [2.45, 2.75) is 32.2 Å². The van der Waals surface area contributed by atoms with Gasteiger partial charge < -0.3 is 10.1 Å². The van der Waals surface area contributed by atoms with Gasteiger partial charge in [-0.2, -0.15) is 0 Å². The zero-order valence-corrected chi connectivity index (χ0v) is 12.8. The number of fused-ring (bicyclic) bond motifs is 1. The molecular formula is C15H22N2O2S. The van der Waals surface area contributed by atoms with Crippen molar-refractivity contribution >= 4 is 17.2 Å². The first-order chi connectivity index (χ1) is 9.72. The van der Waals surface area contributed by atoms with Crippen LogP contribution in [0, 0.1) is 0 Å². The molecule has 0 saturated carbocycles. The minimum absolute atomic E-state index is 0.0881. The lowest BCUT2D eigenvalue weighted by Gasteiger charge is -2.29. The van der Waals surface area contributed by atoms with Gasteiger partial charge in [0, 0.05) is 30.6 Å². The van der Waals surface area contributed by atoms with Gasteiger partial charge in [0.1, 0.15) is 0 Å². The smallest absolute Gasteiger partial charge is 0.261 e. The third-order valence-electron chi connectivity index (χ3n) is 3.98. The second-order valence-corrected chi connectivity index (χ2v) is 6.84. The summed E-state index contributed by atoms with van der Waals surface area (Å²) in [4.78, 5) is 16.9. The second-order valence-electron chi connectivity index (χ2n) is 5.70. The fourth-order valence-electron chi connectivity index (χ4n) is 2.95. The Hall–Kier alpha value is -0.910. The van der Waals surface area contributed by atoms with E-state index in [0.717, 1.165) is 50.6 Å². The molecule has 110 valence electrons. The molecule has 1 aliphatic carbocycles. The van der Waals surface area contributed by atoms with Gasteiger partial charge in [-0.1, -0.05) is 0 Å². The van der Waals surface area contributed by atoms with Crippen molar-refractivity contribution in [1.82, 2.24) is 10.2 Å². The average Bonchev–Trinajstić information content (AvgIpc) is 3.00. The van der Waals surface area contributed by atoms with Crippen LogP contribution in [-0.4, -0.2) is 49.7 Å². The van der Waals surface area contributed by atoms with Crippen molar-refractivity contribution < 1.29 is 9.53 Å². The highest BCUT2D eigenvalue weighted by Gasteiger charge is 2.20. The molecule has 20 heavy (non-hydrogen) atoms. The Kier molecular flexibility index (Phi) is 4.38. The number of hydrogen-bond acceptors (Lipinski definition) is 4. The number of carbonyl (C=O) groups excluding carboxylic acids is 1. The molecule has 1 saturated heterocycles. The van der Waals surface area contributed by atoms with Crippen LogP contribution in [0.25, 0.3) is 0 Å². The van der Waals surface area contributed by atoms with Crippen molar-refractivity contribution in [2.24, 2.45) is 0 Å². The topological polar surface area (TPSA) is 41.6 Å². The molecule has 1 aliphatic heterocycles. The summed E-state index contributed by atoms with van der Waals surface area (Å²) in [6.45, 7) is 6.52. The van der Waals surface area contributed by atoms with Crippen LogP contribution in [0.15, 0.2) is 6.07 Å². The summed E-state index contributed by atoms with van der Waals surface area (Å²) in [6.07, 6.45) is 3.54. The number of rotatable bonds is 4. The predicted octanol–water partition coefficient (Wildman–Crippen LogP) is 1.69. The van der Waals surface area contributed by atoms with E-state index in [2.05, 4.69) is 23.2 Å². The SMILES string of the molecule is CC(CN1CCOCC1)NC(=O)c1cc2c(s1)CCC2. The van der Waals surface area contributed by atoms with Gasteiger partial charge in [0.15, 0.2) is 0 Å². The molecule has 3 rings (SSSR count). The summed E-state index contributed by atoms with van der Waals surface area (Å²) in [7, 11) is 0. The van der Waals surface area contributed by atoms with Gasteiger partial charge in [-0.25, -0.2) is 0 Å². The summed E-state index contributed by atoms with van der Waals surface area (Å²) < 4.78 is 5.34. The molecule has 2 heterocycles. The number of hydrogen-bond donors (Lipinski definition) is 1. The molecule has 4 nitrogen and oxygen atoms in total. The highest BCUT2D eigenvalue weighted by atomic mass is 32.1. The monoisotopic (exact) mass is 294 g/mol. The van der Waals surface area contributed by atoms with E-state index < -0.39 is 0 Å². The Morgan fingerprint density at radius 2 is 2.25 bits per heavy atom. The molecule has 1 atom stereocenters. The van der Waals surface area contributed by atoms with Gasteiger partial charge in [-0.05, 0) is 37.8 Å². The third kappa shape index (κ3) is 3.22. The summed E-state index contributed by atoms with van der Waals surface area (Å²) in [5.74, 6) is 0.0881. The van der Waals surface area contributed by atoms with Crippen molar-refractivity contribution in [2.75, 3.05) is 32.8 Å². The Labute approximate surface area is 124 Å². The number of nitrogens with one attached hydrogen (secondary N) is 1. The van der Waals surface area contributed by atoms with E-state index in [4.69, 9.17) is 4.74 Å². The molecule has 1 N–H and O–H groups in total. The van der Waals surface area contributed by atoms with E-state index in [-0.39, 0.29) is 11.9 Å². The molecule has 0 bridgehead atoms. The number of aryl methyl sites for hydroxylation is 2. The summed E-state index contributed by atoms with van der Waals surface area (Å²) in [5.41, 5.74) is 1.39. The van der Waals surface area contributed by atoms with Gasteiger partial charge in [-0.3, -0.25) is 9.69 Å². The second kappa shape index (κ2) is 6.24. The van der Waals surface area contributed by atoms with E-state index in [1.807, 2.05) is 0 Å². The van der Waals surface area contributed by atoms with E-state index in [9.17, 15) is 4.79 Å². The molecule has 1 unspecified atom stereocenters. The minimum Gasteiger partial charge on any atom is -0.379 e. The summed E-state index contributed by atoms with van der Waals surface area (Å²) in [6, 6.07) is 2.27. The fraction of sp³-hybridized carbons (Fsp3) is 0.667. The number of amides is 1. The maximum Gasteiger partial charge on any atom is 0.261 e. The molecule has 0 radical (unpaired) electrons. The van der Waals surface area contributed by atoms with Crippen molar-refractivity contribution in [3.8, 4) is 0 Å². The zero-order valence-electron chi connectivity index (χ0n) is 12.0. The van der Waals surface area contributed by atoms with Crippen LogP contribution >= 0.6 is 11.3 Å². The van der Waals surface area contributed by atoms with Crippen LogP contribution in [0.1, 0.15) is 33.5 Å². The highest BCUT2D eigenvalue weighted by molar-refractivity contribution is 7.14. The number of thiophene rings is 1. The zero-order chi connectivity index (χ0) is 13.9. The van der Waals surface area contributed by atoms with Gasteiger partial charge in [-0.15, -0.1) is 11.3 Å². The molecule has 1 aromatic rings. The molecule has 0 aromatic carbocycles. The quantitative estimate of drug-likeness (QED) is 0.919. The van der Waals surface area contributed by atoms with E-state index in [1.165, 1.54) is 16.9 Å². The standard InChI is InChI=1S/C15H22N2O2S/c1-11(10-17-5-7-19-8-6-17)16-15(18)14-9-12-3-2-4-13(12)20-14/h9,11H,2-8,10H2,1H3,(H,16,18). The largest absolute Gasteiger partial charge is 0.379 e. The number of morpholine rings is 1. The van der Waals surface area contributed by atoms with E-state index in [1.54, 1.807) is 11.3 Å². The number of nitrogens with zero attached hydrogens (tertiary/aromatic N) is 1. The fourth-order valence-corrected chi connectivity index (χ4v) is 4.11. The molecule has 2 aliphatic rings. The Balaban J connectivity index is 1.52. The van der Waals surface area contributed by atoms with Crippen molar-refractivity contribution in [3.05, 3.63) is 21.4 Å². The maximum absolute atomic E-state index is 12.3. The van der Waals surface area contributed by atoms with E-state index in [0.29, 0.717) is 0 Å². The lowest BCUT2D eigenvalue weighted by molar-refractivity contribution is 0.0342. The Morgan fingerprint density at radius 3 is 3.00 bits per heavy atom. The Bertz CT molecular complexity index is 459. The van der Waals surface area contributed by atoms with Crippen LogP contribution in [-0.2, 0) is 17.6 Å². The molecule has 5 heteroatoms. The molecular weight excluding hydrogens is 272 g/mol. The maximum atomic E-state index is 12.3. The number of carbonyl (C=O) groups is 1. The van der Waals surface area contributed by atoms with Crippen molar-refractivity contribution in [1.29, 1.82) is 0 Å². The summed E-state index contributed by atoms with van der Waals surface area (Å²) >= 11 is 1.67. The van der Waals surface area contributed by atoms with Gasteiger partial charge >= 0.3 is 0 Å². The van der Waals surface area contributed by atoms with Crippen LogP contribution in [0.4, 0.5) is 0 Å². The summed E-state index contributed by atoms with van der Waals surface area (Å²) in [5, 5.41) is 3.12. The molecule has 0 spiro atoms. The average molecular weight is 294 g/mol. The minimum atomic E-state index is 0.0881. The molecule has 1 fully saturated rings. The van der Waals surface area contributed by atoms with Crippen LogP contribution in [0.3, 0.4) is 0 Å². The lowest BCUT2D eigenvalue weighted by Crippen LogP contribution is -2.45. The first-order valence-corrected chi connectivity index (χ1v) is 8.26. The lowest BCUT2D eigenvalue weighted by atomic mass is 10.2.